The van der Waals surface area contributed by atoms with Gasteiger partial charge < -0.3 is 15.0 Å². The lowest BCUT2D eigenvalue weighted by atomic mass is 10.1. The molecule has 2 aromatic rings. The first-order valence-electron chi connectivity index (χ1n) is 10.5. The molecular formula is C24H31FN2O3. The Kier molecular flexibility index (Phi) is 9.32. The molecule has 0 aliphatic heterocycles. The maximum Gasteiger partial charge on any atom is 0.261 e. The molecule has 2 aromatic carbocycles. The minimum atomic E-state index is -0.612. The number of amides is 2. The molecule has 0 aliphatic rings. The van der Waals surface area contributed by atoms with E-state index in [0.29, 0.717) is 19.4 Å². The van der Waals surface area contributed by atoms with E-state index in [9.17, 15) is 14.0 Å². The molecule has 0 bridgehead atoms. The molecule has 0 heterocycles. The van der Waals surface area contributed by atoms with Gasteiger partial charge in [0.15, 0.2) is 18.2 Å². The van der Waals surface area contributed by atoms with Crippen LogP contribution < -0.4 is 10.1 Å². The number of hydrogen-bond donors (Lipinski definition) is 1. The minimum absolute atomic E-state index is 0.0194. The van der Waals surface area contributed by atoms with Gasteiger partial charge in [-0.1, -0.05) is 56.3 Å². The van der Waals surface area contributed by atoms with Gasteiger partial charge in [-0.15, -0.1) is 0 Å². The number of para-hydroxylation sites is 1. The van der Waals surface area contributed by atoms with Gasteiger partial charge in [-0.2, -0.15) is 0 Å². The number of ether oxygens (including phenoxy) is 1. The summed E-state index contributed by atoms with van der Waals surface area (Å²) < 4.78 is 19.2. The first-order valence-corrected chi connectivity index (χ1v) is 10.5. The average molecular weight is 415 g/mol. The molecule has 0 aromatic heterocycles. The van der Waals surface area contributed by atoms with E-state index in [0.717, 1.165) is 12.0 Å². The summed E-state index contributed by atoms with van der Waals surface area (Å²) in [4.78, 5) is 27.4. The second kappa shape index (κ2) is 12.0. The molecule has 0 saturated heterocycles. The number of carbonyl (C=O) groups excluding carboxylic acids is 2. The Labute approximate surface area is 178 Å². The van der Waals surface area contributed by atoms with Gasteiger partial charge >= 0.3 is 0 Å². The number of nitrogens with one attached hydrogen (secondary N) is 1. The van der Waals surface area contributed by atoms with Crippen LogP contribution in [0.4, 0.5) is 4.39 Å². The molecular weight excluding hydrogens is 383 g/mol. The average Bonchev–Trinajstić information content (AvgIpc) is 2.76. The number of rotatable bonds is 11. The van der Waals surface area contributed by atoms with Crippen molar-refractivity contribution in [3.63, 3.8) is 0 Å². The van der Waals surface area contributed by atoms with E-state index >= 15 is 0 Å². The van der Waals surface area contributed by atoms with E-state index in [1.54, 1.807) is 17.0 Å². The van der Waals surface area contributed by atoms with Gasteiger partial charge in [-0.3, -0.25) is 9.59 Å². The second-order valence-corrected chi connectivity index (χ2v) is 7.28. The quantitative estimate of drug-likeness (QED) is 0.605. The van der Waals surface area contributed by atoms with E-state index < -0.39 is 11.9 Å². The summed E-state index contributed by atoms with van der Waals surface area (Å²) >= 11 is 0. The van der Waals surface area contributed by atoms with Crippen LogP contribution in [0.25, 0.3) is 0 Å². The van der Waals surface area contributed by atoms with Crippen LogP contribution in [0.3, 0.4) is 0 Å². The summed E-state index contributed by atoms with van der Waals surface area (Å²) in [6.45, 7) is 5.84. The number of benzene rings is 2. The fraction of sp³-hybridized carbons (Fsp3) is 0.417. The minimum Gasteiger partial charge on any atom is -0.481 e. The fourth-order valence-electron chi connectivity index (χ4n) is 3.12. The smallest absolute Gasteiger partial charge is 0.261 e. The SMILES string of the molecule is CC[C@@H](C)NC(=O)[C@H](CC)N(CCc1ccccc1)C(=O)COc1ccccc1F. The Morgan fingerprint density at radius 2 is 1.70 bits per heavy atom. The van der Waals surface area contributed by atoms with Gasteiger partial charge in [0.25, 0.3) is 5.91 Å². The number of halogens is 1. The van der Waals surface area contributed by atoms with Crippen molar-refractivity contribution in [2.75, 3.05) is 13.2 Å². The second-order valence-electron chi connectivity index (χ2n) is 7.28. The van der Waals surface area contributed by atoms with Crippen molar-refractivity contribution in [1.29, 1.82) is 0 Å². The summed E-state index contributed by atoms with van der Waals surface area (Å²) in [5.74, 6) is -1.03. The van der Waals surface area contributed by atoms with Crippen LogP contribution in [-0.2, 0) is 16.0 Å². The molecule has 2 atom stereocenters. The molecule has 2 rings (SSSR count). The monoisotopic (exact) mass is 414 g/mol. The molecule has 0 radical (unpaired) electrons. The summed E-state index contributed by atoms with van der Waals surface area (Å²) in [6.07, 6.45) is 1.89. The van der Waals surface area contributed by atoms with Crippen molar-refractivity contribution >= 4 is 11.8 Å². The molecule has 162 valence electrons. The van der Waals surface area contributed by atoms with Gasteiger partial charge in [0, 0.05) is 12.6 Å². The molecule has 0 aliphatic carbocycles. The standard InChI is InChI=1S/C24H31FN2O3/c1-4-18(3)26-24(29)21(5-2)27(16-15-19-11-7-6-8-12-19)23(28)17-30-22-14-10-9-13-20(22)25/h6-14,18,21H,4-5,15-17H2,1-3H3,(H,26,29)/t18-,21+/m1/s1. The van der Waals surface area contributed by atoms with E-state index in [4.69, 9.17) is 4.74 Å². The first kappa shape index (κ1) is 23.4. The zero-order valence-corrected chi connectivity index (χ0v) is 17.9. The van der Waals surface area contributed by atoms with Crippen LogP contribution >= 0.6 is 0 Å². The third kappa shape index (κ3) is 6.87. The highest BCUT2D eigenvalue weighted by Gasteiger charge is 2.29. The Morgan fingerprint density at radius 3 is 2.33 bits per heavy atom. The van der Waals surface area contributed by atoms with Crippen molar-refractivity contribution in [3.8, 4) is 5.75 Å². The molecule has 1 N–H and O–H groups in total. The van der Waals surface area contributed by atoms with Crippen molar-refractivity contribution in [2.45, 2.75) is 52.1 Å². The molecule has 5 nitrogen and oxygen atoms in total. The Bertz CT molecular complexity index is 813. The molecule has 0 spiro atoms. The normalized spacial score (nSPS) is 12.7. The molecule has 2 amide bonds. The highest BCUT2D eigenvalue weighted by atomic mass is 19.1. The lowest BCUT2D eigenvalue weighted by Gasteiger charge is -2.31. The zero-order valence-electron chi connectivity index (χ0n) is 17.9. The highest BCUT2D eigenvalue weighted by Crippen LogP contribution is 2.16. The predicted octanol–water partition coefficient (Wildman–Crippen LogP) is 3.97. The largest absolute Gasteiger partial charge is 0.481 e. The highest BCUT2D eigenvalue weighted by molar-refractivity contribution is 5.88. The first-order chi connectivity index (χ1) is 14.5. The van der Waals surface area contributed by atoms with Crippen molar-refractivity contribution in [1.82, 2.24) is 10.2 Å². The van der Waals surface area contributed by atoms with Crippen LogP contribution in [0, 0.1) is 5.82 Å². The van der Waals surface area contributed by atoms with Crippen molar-refractivity contribution in [2.24, 2.45) is 0 Å². The molecule has 6 heteroatoms. The maximum atomic E-state index is 13.8. The lowest BCUT2D eigenvalue weighted by Crippen LogP contribution is -2.52. The van der Waals surface area contributed by atoms with E-state index in [1.807, 2.05) is 51.1 Å². The molecule has 0 unspecified atom stereocenters. The van der Waals surface area contributed by atoms with E-state index in [2.05, 4.69) is 5.32 Å². The summed E-state index contributed by atoms with van der Waals surface area (Å²) in [5.41, 5.74) is 1.07. The Hall–Kier alpha value is -2.89. The number of nitrogens with zero attached hydrogens (tertiary/aromatic N) is 1. The maximum absolute atomic E-state index is 13.8. The van der Waals surface area contributed by atoms with Crippen LogP contribution in [0.2, 0.25) is 0 Å². The topological polar surface area (TPSA) is 58.6 Å². The van der Waals surface area contributed by atoms with Gasteiger partial charge in [0.05, 0.1) is 0 Å². The number of hydrogen-bond acceptors (Lipinski definition) is 3. The third-order valence-electron chi connectivity index (χ3n) is 5.06. The van der Waals surface area contributed by atoms with Crippen LogP contribution in [0.5, 0.6) is 5.75 Å². The third-order valence-corrected chi connectivity index (χ3v) is 5.06. The fourth-order valence-corrected chi connectivity index (χ4v) is 3.12. The zero-order chi connectivity index (χ0) is 21.9. The number of carbonyl (C=O) groups is 2. The molecule has 0 fully saturated rings. The lowest BCUT2D eigenvalue weighted by molar-refractivity contribution is -0.142. The van der Waals surface area contributed by atoms with Crippen molar-refractivity contribution < 1.29 is 18.7 Å². The predicted molar refractivity (Wildman–Crippen MR) is 116 cm³/mol. The van der Waals surface area contributed by atoms with Crippen LogP contribution in [0.1, 0.15) is 39.2 Å². The molecule has 0 saturated carbocycles. The Morgan fingerprint density at radius 1 is 1.03 bits per heavy atom. The summed E-state index contributed by atoms with van der Waals surface area (Å²) in [6, 6.07) is 15.1. The van der Waals surface area contributed by atoms with E-state index in [1.165, 1.54) is 12.1 Å². The van der Waals surface area contributed by atoms with Crippen LogP contribution in [-0.4, -0.2) is 41.9 Å². The van der Waals surface area contributed by atoms with Gasteiger partial charge in [-0.05, 0) is 43.9 Å². The van der Waals surface area contributed by atoms with E-state index in [-0.39, 0.29) is 30.2 Å². The summed E-state index contributed by atoms with van der Waals surface area (Å²) in [5, 5.41) is 2.96. The molecule has 30 heavy (non-hydrogen) atoms. The van der Waals surface area contributed by atoms with Crippen LogP contribution in [0.15, 0.2) is 54.6 Å². The van der Waals surface area contributed by atoms with Gasteiger partial charge in [0.2, 0.25) is 5.91 Å². The summed E-state index contributed by atoms with van der Waals surface area (Å²) in [7, 11) is 0. The van der Waals surface area contributed by atoms with Crippen molar-refractivity contribution in [3.05, 3.63) is 66.0 Å². The Balaban J connectivity index is 2.14. The van der Waals surface area contributed by atoms with Gasteiger partial charge in [-0.25, -0.2) is 4.39 Å². The van der Waals surface area contributed by atoms with Gasteiger partial charge in [0.1, 0.15) is 6.04 Å².